The van der Waals surface area contributed by atoms with Crippen LogP contribution in [-0.2, 0) is 4.79 Å². The Kier molecular flexibility index (Phi) is 5.44. The number of carboxylic acid groups (broad SMARTS) is 1. The van der Waals surface area contributed by atoms with Crippen molar-refractivity contribution in [2.75, 3.05) is 5.32 Å². The second-order valence-electron chi connectivity index (χ2n) is 4.58. The van der Waals surface area contributed by atoms with Gasteiger partial charge in [-0.25, -0.2) is 9.78 Å². The van der Waals surface area contributed by atoms with Crippen LogP contribution >= 0.6 is 11.3 Å². The number of carboxylic acids is 1. The van der Waals surface area contributed by atoms with Crippen LogP contribution in [0.4, 0.5) is 5.13 Å². The minimum Gasteiger partial charge on any atom is -0.476 e. The lowest BCUT2D eigenvalue weighted by atomic mass is 10.1. The largest absolute Gasteiger partial charge is 0.476 e. The SMILES string of the molecule is CCC[C@H](N)C(=O)Nc1nc(C(=O)O)c(C(C)C)s1. The number of hydrogen-bond donors (Lipinski definition) is 3. The number of anilines is 1. The second-order valence-corrected chi connectivity index (χ2v) is 5.61. The average Bonchev–Trinajstić information content (AvgIpc) is 2.73. The van der Waals surface area contributed by atoms with Gasteiger partial charge in [0.15, 0.2) is 10.8 Å². The summed E-state index contributed by atoms with van der Waals surface area (Å²) < 4.78 is 0. The molecule has 0 aliphatic carbocycles. The molecule has 0 aliphatic rings. The number of rotatable bonds is 6. The van der Waals surface area contributed by atoms with Gasteiger partial charge in [-0.1, -0.05) is 27.2 Å². The molecule has 1 aromatic rings. The third-order valence-corrected chi connectivity index (χ3v) is 3.82. The summed E-state index contributed by atoms with van der Waals surface area (Å²) in [6.07, 6.45) is 1.39. The van der Waals surface area contributed by atoms with Crippen molar-refractivity contribution in [1.29, 1.82) is 0 Å². The van der Waals surface area contributed by atoms with E-state index < -0.39 is 12.0 Å². The Balaban J connectivity index is 2.88. The van der Waals surface area contributed by atoms with Gasteiger partial charge in [-0.2, -0.15) is 0 Å². The van der Waals surface area contributed by atoms with Gasteiger partial charge >= 0.3 is 5.97 Å². The molecule has 1 aromatic heterocycles. The van der Waals surface area contributed by atoms with Crippen LogP contribution in [0.15, 0.2) is 0 Å². The first-order valence-corrected chi connectivity index (χ1v) is 6.98. The summed E-state index contributed by atoms with van der Waals surface area (Å²) in [5, 5.41) is 11.9. The summed E-state index contributed by atoms with van der Waals surface area (Å²) in [7, 11) is 0. The number of amides is 1. The highest BCUT2D eigenvalue weighted by molar-refractivity contribution is 7.16. The van der Waals surface area contributed by atoms with Crippen molar-refractivity contribution < 1.29 is 14.7 Å². The third-order valence-electron chi connectivity index (χ3n) is 2.55. The highest BCUT2D eigenvalue weighted by Gasteiger charge is 2.21. The van der Waals surface area contributed by atoms with Crippen LogP contribution in [0, 0.1) is 0 Å². The Morgan fingerprint density at radius 2 is 2.11 bits per heavy atom. The van der Waals surface area contributed by atoms with E-state index in [4.69, 9.17) is 10.8 Å². The Morgan fingerprint density at radius 3 is 2.53 bits per heavy atom. The summed E-state index contributed by atoms with van der Waals surface area (Å²) >= 11 is 1.18. The first-order chi connectivity index (χ1) is 8.86. The number of aromatic carboxylic acids is 1. The first-order valence-electron chi connectivity index (χ1n) is 6.17. The molecule has 1 amide bonds. The van der Waals surface area contributed by atoms with Gasteiger partial charge in [0, 0.05) is 4.88 Å². The molecule has 6 nitrogen and oxygen atoms in total. The maximum Gasteiger partial charge on any atom is 0.355 e. The van der Waals surface area contributed by atoms with Gasteiger partial charge in [0.2, 0.25) is 5.91 Å². The molecule has 0 aliphatic heterocycles. The molecule has 7 heteroatoms. The maximum absolute atomic E-state index is 11.7. The normalized spacial score (nSPS) is 12.5. The minimum absolute atomic E-state index is 0.000590. The fourth-order valence-electron chi connectivity index (χ4n) is 1.57. The van der Waals surface area contributed by atoms with Crippen molar-refractivity contribution in [3.63, 3.8) is 0 Å². The monoisotopic (exact) mass is 285 g/mol. The number of nitrogens with two attached hydrogens (primary N) is 1. The number of carbonyl (C=O) groups excluding carboxylic acids is 1. The minimum atomic E-state index is -1.08. The molecule has 0 saturated heterocycles. The van der Waals surface area contributed by atoms with Gasteiger partial charge < -0.3 is 16.2 Å². The summed E-state index contributed by atoms with van der Waals surface area (Å²) in [5.74, 6) is -1.38. The van der Waals surface area contributed by atoms with Crippen LogP contribution < -0.4 is 11.1 Å². The van der Waals surface area contributed by atoms with E-state index in [0.717, 1.165) is 6.42 Å². The molecule has 1 heterocycles. The number of aromatic nitrogens is 1. The highest BCUT2D eigenvalue weighted by Crippen LogP contribution is 2.29. The topological polar surface area (TPSA) is 105 Å². The van der Waals surface area contributed by atoms with Crippen LogP contribution in [0.3, 0.4) is 0 Å². The molecule has 1 rings (SSSR count). The van der Waals surface area contributed by atoms with Crippen molar-refractivity contribution >= 4 is 28.3 Å². The van der Waals surface area contributed by atoms with Crippen LogP contribution in [0.25, 0.3) is 0 Å². The Bertz CT molecular complexity index is 471. The number of nitrogens with one attached hydrogen (secondary N) is 1. The van der Waals surface area contributed by atoms with E-state index in [-0.39, 0.29) is 22.7 Å². The predicted molar refractivity (Wildman–Crippen MR) is 74.7 cm³/mol. The zero-order valence-corrected chi connectivity index (χ0v) is 12.1. The molecule has 0 spiro atoms. The molecule has 19 heavy (non-hydrogen) atoms. The highest BCUT2D eigenvalue weighted by atomic mass is 32.1. The molecular formula is C12H19N3O3S. The molecule has 106 valence electrons. The van der Waals surface area contributed by atoms with Crippen molar-refractivity contribution in [3.05, 3.63) is 10.6 Å². The van der Waals surface area contributed by atoms with E-state index in [1.807, 2.05) is 20.8 Å². The Hall–Kier alpha value is -1.47. The van der Waals surface area contributed by atoms with Gasteiger partial charge in [0.05, 0.1) is 6.04 Å². The summed E-state index contributed by atoms with van der Waals surface area (Å²) in [6.45, 7) is 5.71. The van der Waals surface area contributed by atoms with E-state index in [9.17, 15) is 9.59 Å². The number of hydrogen-bond acceptors (Lipinski definition) is 5. The lowest BCUT2D eigenvalue weighted by Gasteiger charge is -2.08. The fraction of sp³-hybridized carbons (Fsp3) is 0.583. The Labute approximate surface area is 116 Å². The molecule has 4 N–H and O–H groups in total. The van der Waals surface area contributed by atoms with E-state index in [1.54, 1.807) is 0 Å². The third kappa shape index (κ3) is 4.00. The van der Waals surface area contributed by atoms with Crippen molar-refractivity contribution in [3.8, 4) is 0 Å². The lowest BCUT2D eigenvalue weighted by molar-refractivity contribution is -0.117. The zero-order valence-electron chi connectivity index (χ0n) is 11.3. The van der Waals surface area contributed by atoms with Crippen LogP contribution in [0.2, 0.25) is 0 Å². The Morgan fingerprint density at radius 1 is 1.47 bits per heavy atom. The van der Waals surface area contributed by atoms with Crippen molar-refractivity contribution in [1.82, 2.24) is 4.98 Å². The van der Waals surface area contributed by atoms with E-state index in [2.05, 4.69) is 10.3 Å². The first kappa shape index (κ1) is 15.6. The standard InChI is InChI=1S/C12H19N3O3S/c1-4-5-7(13)10(16)15-12-14-8(11(17)18)9(19-12)6(2)3/h6-7H,4-5,13H2,1-3H3,(H,17,18)(H,14,15,16)/t7-/m0/s1. The van der Waals surface area contributed by atoms with Gasteiger partial charge in [-0.15, -0.1) is 11.3 Å². The average molecular weight is 285 g/mol. The lowest BCUT2D eigenvalue weighted by Crippen LogP contribution is -2.35. The van der Waals surface area contributed by atoms with Crippen molar-refractivity contribution in [2.24, 2.45) is 5.73 Å². The number of thiazole rings is 1. The smallest absolute Gasteiger partial charge is 0.355 e. The number of nitrogens with zero attached hydrogens (tertiary/aromatic N) is 1. The molecule has 0 unspecified atom stereocenters. The molecule has 0 aromatic carbocycles. The summed E-state index contributed by atoms with van der Waals surface area (Å²) in [4.78, 5) is 27.4. The molecule has 0 bridgehead atoms. The van der Waals surface area contributed by atoms with Crippen molar-refractivity contribution in [2.45, 2.75) is 45.6 Å². The number of carbonyl (C=O) groups is 2. The van der Waals surface area contributed by atoms with Crippen LogP contribution in [0.1, 0.15) is 54.9 Å². The fourth-order valence-corrected chi connectivity index (χ4v) is 2.53. The summed E-state index contributed by atoms with van der Waals surface area (Å²) in [6, 6.07) is -0.593. The molecule has 0 fully saturated rings. The van der Waals surface area contributed by atoms with Gasteiger partial charge in [0.25, 0.3) is 0 Å². The predicted octanol–water partition coefficient (Wildman–Crippen LogP) is 2.03. The molecule has 0 saturated carbocycles. The van der Waals surface area contributed by atoms with E-state index in [0.29, 0.717) is 11.3 Å². The maximum atomic E-state index is 11.7. The van der Waals surface area contributed by atoms with Gasteiger partial charge in [-0.05, 0) is 12.3 Å². The molecule has 0 radical (unpaired) electrons. The molecular weight excluding hydrogens is 266 g/mol. The zero-order chi connectivity index (χ0) is 14.6. The second kappa shape index (κ2) is 6.63. The van der Waals surface area contributed by atoms with Gasteiger partial charge in [-0.3, -0.25) is 4.79 Å². The van der Waals surface area contributed by atoms with E-state index >= 15 is 0 Å². The molecule has 1 atom stereocenters. The van der Waals surface area contributed by atoms with E-state index in [1.165, 1.54) is 11.3 Å². The van der Waals surface area contributed by atoms with Crippen LogP contribution in [-0.4, -0.2) is 28.0 Å². The summed E-state index contributed by atoms with van der Waals surface area (Å²) in [5.41, 5.74) is 5.69. The van der Waals surface area contributed by atoms with Gasteiger partial charge in [0.1, 0.15) is 0 Å². The van der Waals surface area contributed by atoms with Crippen LogP contribution in [0.5, 0.6) is 0 Å². The quantitative estimate of drug-likeness (QED) is 0.741.